The van der Waals surface area contributed by atoms with Gasteiger partial charge in [-0.05, 0) is 73.5 Å². The summed E-state index contributed by atoms with van der Waals surface area (Å²) in [5, 5.41) is 8.44. The second-order valence-corrected chi connectivity index (χ2v) is 11.7. The van der Waals surface area contributed by atoms with Crippen molar-refractivity contribution in [3.05, 3.63) is 170 Å². The molecule has 0 saturated heterocycles. The molecule has 0 saturated carbocycles. The van der Waals surface area contributed by atoms with E-state index in [4.69, 9.17) is 9.97 Å². The minimum atomic E-state index is 0.868. The molecule has 0 aliphatic rings. The zero-order chi connectivity index (χ0) is 30.5. The van der Waals surface area contributed by atoms with Gasteiger partial charge in [0.2, 0.25) is 0 Å². The van der Waals surface area contributed by atoms with E-state index in [1.54, 1.807) is 0 Å². The van der Waals surface area contributed by atoms with Crippen LogP contribution >= 0.6 is 0 Å². The van der Waals surface area contributed by atoms with Crippen molar-refractivity contribution in [2.24, 2.45) is 0 Å². The minimum absolute atomic E-state index is 0.868. The van der Waals surface area contributed by atoms with Gasteiger partial charge in [0.1, 0.15) is 0 Å². The molecule has 0 bridgehead atoms. The molecular weight excluding hydrogens is 556 g/mol. The lowest BCUT2D eigenvalue weighted by Gasteiger charge is -2.18. The second kappa shape index (κ2) is 10.8. The fraction of sp³-hybridized carbons (Fsp3) is 0. The van der Waals surface area contributed by atoms with Gasteiger partial charge in [0.05, 0.1) is 22.6 Å². The highest BCUT2D eigenvalue weighted by Gasteiger charge is 2.17. The quantitative estimate of drug-likeness (QED) is 0.152. The third-order valence-corrected chi connectivity index (χ3v) is 9.04. The summed E-state index contributed by atoms with van der Waals surface area (Å²) in [4.78, 5) is 10.3. The summed E-state index contributed by atoms with van der Waals surface area (Å²) in [6, 6.07) is 60.2. The van der Waals surface area contributed by atoms with Crippen molar-refractivity contribution in [3.8, 4) is 44.9 Å². The van der Waals surface area contributed by atoms with Crippen LogP contribution in [0.4, 0.5) is 0 Å². The van der Waals surface area contributed by atoms with Gasteiger partial charge >= 0.3 is 0 Å². The zero-order valence-electron chi connectivity index (χ0n) is 25.1. The van der Waals surface area contributed by atoms with Gasteiger partial charge < -0.3 is 0 Å². The highest BCUT2D eigenvalue weighted by atomic mass is 14.8. The molecule has 0 atom stereocenters. The third-order valence-electron chi connectivity index (χ3n) is 9.04. The molecule has 9 aromatic rings. The number of nitrogens with zero attached hydrogens (tertiary/aromatic N) is 2. The molecule has 0 amide bonds. The Morgan fingerprint density at radius 1 is 0.283 bits per heavy atom. The van der Waals surface area contributed by atoms with Gasteiger partial charge in [0.25, 0.3) is 0 Å². The molecule has 2 heteroatoms. The third kappa shape index (κ3) is 4.27. The van der Waals surface area contributed by atoms with Crippen molar-refractivity contribution in [2.75, 3.05) is 0 Å². The summed E-state index contributed by atoms with van der Waals surface area (Å²) in [5.74, 6) is 0. The van der Waals surface area contributed by atoms with Crippen molar-refractivity contribution in [2.45, 2.75) is 0 Å². The summed E-state index contributed by atoms with van der Waals surface area (Å²) in [6.07, 6.45) is 0. The molecule has 2 nitrogen and oxygen atoms in total. The number of benzene rings is 7. The standard InChI is InChI=1S/C44H28N2/c1-2-14-29(15-3-1)42-34-20-5-7-22-36(34)43(37-23-8-6-21-35(37)42)31-17-12-16-30(28-31)39-26-13-27-41(45-39)44-38-24-9-4-18-32(38)33-19-10-11-25-40(33)46-44/h1-28H. The van der Waals surface area contributed by atoms with Crippen LogP contribution < -0.4 is 0 Å². The van der Waals surface area contributed by atoms with Crippen LogP contribution in [0.2, 0.25) is 0 Å². The van der Waals surface area contributed by atoms with E-state index >= 15 is 0 Å². The minimum Gasteiger partial charge on any atom is -0.246 e. The summed E-state index contributed by atoms with van der Waals surface area (Å²) < 4.78 is 0. The number of rotatable bonds is 4. The maximum atomic E-state index is 5.22. The van der Waals surface area contributed by atoms with Crippen LogP contribution in [-0.4, -0.2) is 9.97 Å². The van der Waals surface area contributed by atoms with Crippen LogP contribution in [0.15, 0.2) is 170 Å². The highest BCUT2D eigenvalue weighted by molar-refractivity contribution is 6.21. The molecule has 9 rings (SSSR count). The van der Waals surface area contributed by atoms with Crippen molar-refractivity contribution in [1.82, 2.24) is 9.97 Å². The van der Waals surface area contributed by atoms with E-state index in [-0.39, 0.29) is 0 Å². The number of pyridine rings is 2. The molecule has 2 aromatic heterocycles. The van der Waals surface area contributed by atoms with Gasteiger partial charge in [-0.2, -0.15) is 0 Å². The molecule has 0 aliphatic heterocycles. The molecule has 0 unspecified atom stereocenters. The molecule has 0 N–H and O–H groups in total. The monoisotopic (exact) mass is 584 g/mol. The van der Waals surface area contributed by atoms with E-state index in [0.29, 0.717) is 0 Å². The fourth-order valence-electron chi connectivity index (χ4n) is 7.02. The molecule has 7 aromatic carbocycles. The Balaban J connectivity index is 1.23. The maximum absolute atomic E-state index is 5.22. The van der Waals surface area contributed by atoms with Crippen LogP contribution in [0.5, 0.6) is 0 Å². The zero-order valence-corrected chi connectivity index (χ0v) is 25.1. The van der Waals surface area contributed by atoms with Gasteiger partial charge in [-0.15, -0.1) is 0 Å². The maximum Gasteiger partial charge on any atom is 0.0972 e. The lowest BCUT2D eigenvalue weighted by Crippen LogP contribution is -1.94. The molecular formula is C44H28N2. The summed E-state index contributed by atoms with van der Waals surface area (Å²) in [7, 11) is 0. The normalized spacial score (nSPS) is 11.5. The van der Waals surface area contributed by atoms with Crippen LogP contribution in [0.3, 0.4) is 0 Å². The van der Waals surface area contributed by atoms with E-state index < -0.39 is 0 Å². The van der Waals surface area contributed by atoms with Gasteiger partial charge in [-0.1, -0.05) is 146 Å². The second-order valence-electron chi connectivity index (χ2n) is 11.7. The lowest BCUT2D eigenvalue weighted by atomic mass is 9.85. The van der Waals surface area contributed by atoms with Crippen molar-refractivity contribution in [1.29, 1.82) is 0 Å². The first-order valence-electron chi connectivity index (χ1n) is 15.7. The molecule has 46 heavy (non-hydrogen) atoms. The molecule has 0 aliphatic carbocycles. The highest BCUT2D eigenvalue weighted by Crippen LogP contribution is 2.44. The first kappa shape index (κ1) is 26.3. The van der Waals surface area contributed by atoms with Crippen LogP contribution in [0.1, 0.15) is 0 Å². The van der Waals surface area contributed by atoms with E-state index in [2.05, 4.69) is 164 Å². The van der Waals surface area contributed by atoms with Gasteiger partial charge in [-0.3, -0.25) is 0 Å². The molecule has 0 radical (unpaired) electrons. The Hall–Kier alpha value is -6.12. The first-order valence-corrected chi connectivity index (χ1v) is 15.7. The van der Waals surface area contributed by atoms with Crippen molar-refractivity contribution in [3.63, 3.8) is 0 Å². The van der Waals surface area contributed by atoms with Gasteiger partial charge in [0, 0.05) is 16.3 Å². The summed E-state index contributed by atoms with van der Waals surface area (Å²) >= 11 is 0. The van der Waals surface area contributed by atoms with E-state index in [9.17, 15) is 0 Å². The van der Waals surface area contributed by atoms with Crippen molar-refractivity contribution < 1.29 is 0 Å². The number of hydrogen-bond acceptors (Lipinski definition) is 2. The average Bonchev–Trinajstić information content (AvgIpc) is 3.14. The number of fused-ring (bicyclic) bond motifs is 5. The summed E-state index contributed by atoms with van der Waals surface area (Å²) in [6.45, 7) is 0. The fourth-order valence-corrected chi connectivity index (χ4v) is 7.02. The topological polar surface area (TPSA) is 25.8 Å². The molecule has 2 heterocycles. The summed E-state index contributed by atoms with van der Waals surface area (Å²) in [5.41, 5.74) is 9.66. The number of hydrogen-bond donors (Lipinski definition) is 0. The Morgan fingerprint density at radius 3 is 1.46 bits per heavy atom. The van der Waals surface area contributed by atoms with Crippen LogP contribution in [0.25, 0.3) is 88.1 Å². The SMILES string of the molecule is c1ccc(-c2c3ccccc3c(-c3cccc(-c4cccc(-c5nc6ccccc6c6ccccc56)n4)c3)c3ccccc23)cc1. The van der Waals surface area contributed by atoms with Crippen LogP contribution in [0, 0.1) is 0 Å². The Labute approximate surface area is 267 Å². The van der Waals surface area contributed by atoms with E-state index in [1.807, 2.05) is 6.07 Å². The van der Waals surface area contributed by atoms with Gasteiger partial charge in [-0.25, -0.2) is 9.97 Å². The lowest BCUT2D eigenvalue weighted by molar-refractivity contribution is 1.29. The average molecular weight is 585 g/mol. The largest absolute Gasteiger partial charge is 0.246 e. The molecule has 0 spiro atoms. The molecule has 0 fully saturated rings. The Bertz CT molecular complexity index is 2530. The van der Waals surface area contributed by atoms with Gasteiger partial charge in [0.15, 0.2) is 0 Å². The predicted molar refractivity (Wildman–Crippen MR) is 194 cm³/mol. The first-order chi connectivity index (χ1) is 22.8. The van der Waals surface area contributed by atoms with E-state index in [0.717, 1.165) is 38.9 Å². The van der Waals surface area contributed by atoms with Crippen molar-refractivity contribution >= 4 is 43.2 Å². The predicted octanol–water partition coefficient (Wildman–Crippen LogP) is 11.8. The number of para-hydroxylation sites is 1. The smallest absolute Gasteiger partial charge is 0.0972 e. The Kier molecular flexibility index (Phi) is 6.17. The van der Waals surface area contributed by atoms with E-state index in [1.165, 1.54) is 49.2 Å². The Morgan fingerprint density at radius 2 is 0.761 bits per heavy atom. The number of aromatic nitrogens is 2. The van der Waals surface area contributed by atoms with Crippen LogP contribution in [-0.2, 0) is 0 Å². The molecule has 214 valence electrons.